The number of hydrogen-bond acceptors (Lipinski definition) is 4. The molecule has 162 valence electrons. The number of piperazine rings is 1. The van der Waals surface area contributed by atoms with Crippen molar-refractivity contribution in [2.24, 2.45) is 16.8 Å². The summed E-state index contributed by atoms with van der Waals surface area (Å²) in [6.45, 7) is 19.8. The molecule has 0 bridgehead atoms. The van der Waals surface area contributed by atoms with E-state index in [0.717, 1.165) is 71.4 Å². The topological polar surface area (TPSA) is 52.1 Å². The molecule has 1 saturated heterocycles. The number of rotatable bonds is 11. The Morgan fingerprint density at radius 2 is 1.70 bits per heavy atom. The van der Waals surface area contributed by atoms with Gasteiger partial charge in [0.15, 0.2) is 5.96 Å². The minimum Gasteiger partial charge on any atom is -0.380 e. The quantitative estimate of drug-likeness (QED) is 0.199. The van der Waals surface area contributed by atoms with E-state index in [9.17, 15) is 0 Å². The smallest absolute Gasteiger partial charge is 0.191 e. The molecule has 0 aromatic rings. The highest BCUT2D eigenvalue weighted by Gasteiger charge is 2.24. The molecule has 0 aliphatic carbocycles. The zero-order chi connectivity index (χ0) is 19.4. The lowest BCUT2D eigenvalue weighted by atomic mass is 10.0. The van der Waals surface area contributed by atoms with Gasteiger partial charge in [-0.1, -0.05) is 27.7 Å². The van der Waals surface area contributed by atoms with Gasteiger partial charge in [0.1, 0.15) is 0 Å². The summed E-state index contributed by atoms with van der Waals surface area (Å²) in [4.78, 5) is 9.87. The zero-order valence-electron chi connectivity index (χ0n) is 18.5. The average molecular weight is 498 g/mol. The summed E-state index contributed by atoms with van der Waals surface area (Å²) >= 11 is 0. The minimum absolute atomic E-state index is 0. The standard InChI is InChI=1S/C20H43N5O.HI/c1-7-21-20(22-9-15-26-14-8-17(2)3)23-16-19(18(4)5)25-12-10-24(6)11-13-25;/h17-19H,7-16H2,1-6H3,(H2,21,22,23);1H. The fourth-order valence-electron chi connectivity index (χ4n) is 3.09. The van der Waals surface area contributed by atoms with Crippen molar-refractivity contribution >= 4 is 29.9 Å². The third-order valence-corrected chi connectivity index (χ3v) is 4.94. The summed E-state index contributed by atoms with van der Waals surface area (Å²) in [5, 5.41) is 6.75. The zero-order valence-corrected chi connectivity index (χ0v) is 20.8. The Morgan fingerprint density at radius 1 is 1.04 bits per heavy atom. The average Bonchev–Trinajstić information content (AvgIpc) is 2.59. The van der Waals surface area contributed by atoms with Crippen LogP contribution in [0.1, 0.15) is 41.0 Å². The molecule has 1 heterocycles. The number of aliphatic imine (C=N–C) groups is 1. The predicted molar refractivity (Wildman–Crippen MR) is 127 cm³/mol. The lowest BCUT2D eigenvalue weighted by molar-refractivity contribution is 0.0925. The molecule has 6 nitrogen and oxygen atoms in total. The summed E-state index contributed by atoms with van der Waals surface area (Å²) in [7, 11) is 2.20. The fourth-order valence-corrected chi connectivity index (χ4v) is 3.09. The van der Waals surface area contributed by atoms with Gasteiger partial charge in [0.25, 0.3) is 0 Å². The fraction of sp³-hybridized carbons (Fsp3) is 0.950. The van der Waals surface area contributed by atoms with Gasteiger partial charge < -0.3 is 20.3 Å². The molecule has 0 aromatic carbocycles. The Balaban J connectivity index is 0.00000676. The SMILES string of the molecule is CCNC(=NCC(C(C)C)N1CCN(C)CC1)NCCOCCC(C)C.I. The predicted octanol–water partition coefficient (Wildman–Crippen LogP) is 2.49. The molecule has 2 N–H and O–H groups in total. The first-order chi connectivity index (χ1) is 12.4. The Labute approximate surface area is 184 Å². The monoisotopic (exact) mass is 497 g/mol. The maximum Gasteiger partial charge on any atom is 0.191 e. The molecule has 1 rings (SSSR count). The number of hydrogen-bond donors (Lipinski definition) is 2. The van der Waals surface area contributed by atoms with E-state index < -0.39 is 0 Å². The molecule has 1 aliphatic heterocycles. The molecular weight excluding hydrogens is 453 g/mol. The van der Waals surface area contributed by atoms with Crippen LogP contribution in [0.2, 0.25) is 0 Å². The highest BCUT2D eigenvalue weighted by molar-refractivity contribution is 14.0. The first-order valence-electron chi connectivity index (χ1n) is 10.5. The molecule has 0 spiro atoms. The highest BCUT2D eigenvalue weighted by Crippen LogP contribution is 2.14. The van der Waals surface area contributed by atoms with E-state index in [1.807, 2.05) is 0 Å². The molecule has 1 aliphatic rings. The van der Waals surface area contributed by atoms with Crippen LogP contribution < -0.4 is 10.6 Å². The molecule has 1 fully saturated rings. The number of halogens is 1. The number of nitrogens with one attached hydrogen (secondary N) is 2. The Hall–Kier alpha value is -0.120. The van der Waals surface area contributed by atoms with Gasteiger partial charge in [0.2, 0.25) is 0 Å². The Bertz CT molecular complexity index is 385. The number of nitrogens with zero attached hydrogens (tertiary/aromatic N) is 3. The van der Waals surface area contributed by atoms with Crippen LogP contribution in [0.5, 0.6) is 0 Å². The van der Waals surface area contributed by atoms with Crippen LogP contribution in [-0.4, -0.2) is 87.9 Å². The van der Waals surface area contributed by atoms with Crippen molar-refractivity contribution in [3.63, 3.8) is 0 Å². The summed E-state index contributed by atoms with van der Waals surface area (Å²) in [6, 6.07) is 0.501. The van der Waals surface area contributed by atoms with E-state index in [2.05, 4.69) is 62.1 Å². The van der Waals surface area contributed by atoms with Gasteiger partial charge in [0, 0.05) is 51.9 Å². The normalized spacial score (nSPS) is 17.9. The first kappa shape index (κ1) is 26.9. The van der Waals surface area contributed by atoms with E-state index in [1.54, 1.807) is 0 Å². The van der Waals surface area contributed by atoms with Crippen molar-refractivity contribution < 1.29 is 4.74 Å². The summed E-state index contributed by atoms with van der Waals surface area (Å²) < 4.78 is 5.68. The summed E-state index contributed by atoms with van der Waals surface area (Å²) in [5.41, 5.74) is 0. The molecule has 0 amide bonds. The number of ether oxygens (including phenoxy) is 1. The molecule has 27 heavy (non-hydrogen) atoms. The van der Waals surface area contributed by atoms with Gasteiger partial charge in [-0.25, -0.2) is 0 Å². The minimum atomic E-state index is 0. The van der Waals surface area contributed by atoms with Crippen LogP contribution in [0.25, 0.3) is 0 Å². The highest BCUT2D eigenvalue weighted by atomic mass is 127. The Kier molecular flexibility index (Phi) is 15.7. The van der Waals surface area contributed by atoms with Gasteiger partial charge in [-0.05, 0) is 32.2 Å². The third-order valence-electron chi connectivity index (χ3n) is 4.94. The lowest BCUT2D eigenvalue weighted by Crippen LogP contribution is -2.52. The Morgan fingerprint density at radius 3 is 2.26 bits per heavy atom. The molecule has 0 saturated carbocycles. The van der Waals surface area contributed by atoms with Crippen molar-refractivity contribution in [3.05, 3.63) is 0 Å². The van der Waals surface area contributed by atoms with Gasteiger partial charge in [0.05, 0.1) is 13.2 Å². The van der Waals surface area contributed by atoms with Gasteiger partial charge in [-0.2, -0.15) is 0 Å². The lowest BCUT2D eigenvalue weighted by Gasteiger charge is -2.39. The molecule has 0 radical (unpaired) electrons. The summed E-state index contributed by atoms with van der Waals surface area (Å²) in [6.07, 6.45) is 1.12. The second-order valence-electron chi connectivity index (χ2n) is 8.09. The van der Waals surface area contributed by atoms with E-state index >= 15 is 0 Å². The van der Waals surface area contributed by atoms with Gasteiger partial charge in [-0.15, -0.1) is 24.0 Å². The van der Waals surface area contributed by atoms with Crippen LogP contribution in [0.3, 0.4) is 0 Å². The van der Waals surface area contributed by atoms with Gasteiger partial charge in [-0.3, -0.25) is 9.89 Å². The van der Waals surface area contributed by atoms with Crippen molar-refractivity contribution in [2.75, 3.05) is 66.1 Å². The summed E-state index contributed by atoms with van der Waals surface area (Å²) in [5.74, 6) is 2.20. The van der Waals surface area contributed by atoms with Crippen molar-refractivity contribution in [1.82, 2.24) is 20.4 Å². The second-order valence-corrected chi connectivity index (χ2v) is 8.09. The van der Waals surface area contributed by atoms with Crippen molar-refractivity contribution in [2.45, 2.75) is 47.1 Å². The van der Waals surface area contributed by atoms with E-state index in [-0.39, 0.29) is 24.0 Å². The molecule has 1 atom stereocenters. The number of guanidine groups is 1. The number of likely N-dealkylation sites (N-methyl/N-ethyl adjacent to an activating group) is 1. The largest absolute Gasteiger partial charge is 0.380 e. The van der Waals surface area contributed by atoms with E-state index in [4.69, 9.17) is 9.73 Å². The van der Waals surface area contributed by atoms with Crippen LogP contribution in [0.15, 0.2) is 4.99 Å². The van der Waals surface area contributed by atoms with E-state index in [0.29, 0.717) is 17.9 Å². The first-order valence-corrected chi connectivity index (χ1v) is 10.5. The molecular formula is C20H44IN5O. The van der Waals surface area contributed by atoms with Crippen molar-refractivity contribution in [3.8, 4) is 0 Å². The third kappa shape index (κ3) is 12.1. The maximum atomic E-state index is 5.68. The molecule has 1 unspecified atom stereocenters. The van der Waals surface area contributed by atoms with E-state index in [1.165, 1.54) is 0 Å². The van der Waals surface area contributed by atoms with Crippen LogP contribution in [0, 0.1) is 11.8 Å². The van der Waals surface area contributed by atoms with Crippen LogP contribution in [-0.2, 0) is 4.74 Å². The molecule has 0 aromatic heterocycles. The maximum absolute atomic E-state index is 5.68. The molecule has 7 heteroatoms. The van der Waals surface area contributed by atoms with Crippen LogP contribution in [0.4, 0.5) is 0 Å². The second kappa shape index (κ2) is 15.8. The van der Waals surface area contributed by atoms with Crippen molar-refractivity contribution in [1.29, 1.82) is 0 Å². The van der Waals surface area contributed by atoms with Gasteiger partial charge >= 0.3 is 0 Å². The van der Waals surface area contributed by atoms with Crippen LogP contribution >= 0.6 is 24.0 Å².